The van der Waals surface area contributed by atoms with Crippen molar-refractivity contribution in [2.45, 2.75) is 37.3 Å². The lowest BCUT2D eigenvalue weighted by Gasteiger charge is -2.32. The van der Waals surface area contributed by atoms with Crippen LogP contribution in [0.25, 0.3) is 22.2 Å². The molecule has 3 fully saturated rings. The van der Waals surface area contributed by atoms with Gasteiger partial charge in [-0.3, -0.25) is 4.68 Å². The number of hydrogen-bond donors (Lipinski definition) is 1. The minimum atomic E-state index is -4.60. The normalized spacial score (nSPS) is 27.1. The molecule has 1 N–H and O–H groups in total. The molecule has 3 atom stereocenters. The Morgan fingerprint density at radius 3 is 2.54 bits per heavy atom. The zero-order valence-electron chi connectivity index (χ0n) is 20.8. The van der Waals surface area contributed by atoms with Crippen LogP contribution in [0.5, 0.6) is 0 Å². The molecule has 1 aliphatic carbocycles. The molecular weight excluding hydrogens is 480 g/mol. The van der Waals surface area contributed by atoms with Crippen molar-refractivity contribution in [3.8, 4) is 11.3 Å². The van der Waals surface area contributed by atoms with Crippen molar-refractivity contribution in [3.63, 3.8) is 0 Å². The van der Waals surface area contributed by atoms with Crippen LogP contribution in [-0.2, 0) is 18.0 Å². The van der Waals surface area contributed by atoms with Crippen molar-refractivity contribution < 1.29 is 17.9 Å². The largest absolute Gasteiger partial charge is 0.420 e. The van der Waals surface area contributed by atoms with Crippen molar-refractivity contribution in [1.29, 1.82) is 0 Å². The molecule has 3 aromatic rings. The van der Waals surface area contributed by atoms with Crippen LogP contribution >= 0.6 is 0 Å². The molecule has 4 heterocycles. The van der Waals surface area contributed by atoms with Crippen LogP contribution < -0.4 is 5.32 Å². The highest BCUT2D eigenvalue weighted by atomic mass is 19.4. The first-order valence-corrected chi connectivity index (χ1v) is 12.9. The number of nitrogens with one attached hydrogen (secondary N) is 1. The number of nitrogens with zero attached hydrogens (tertiary/aromatic N) is 5. The van der Waals surface area contributed by atoms with Crippen molar-refractivity contribution in [2.75, 3.05) is 38.2 Å². The van der Waals surface area contributed by atoms with Crippen LogP contribution in [0.1, 0.15) is 31.2 Å². The minimum Gasteiger partial charge on any atom is -0.381 e. The maximum Gasteiger partial charge on any atom is 0.420 e. The Hall–Kier alpha value is -2.66. The number of hydrogen-bond acceptors (Lipinski definition) is 6. The summed E-state index contributed by atoms with van der Waals surface area (Å²) < 4.78 is 49.5. The van der Waals surface area contributed by atoms with Crippen LogP contribution in [0.4, 0.5) is 19.0 Å². The predicted octanol–water partition coefficient (Wildman–Crippen LogP) is 4.09. The minimum absolute atomic E-state index is 0.154. The summed E-state index contributed by atoms with van der Waals surface area (Å²) in [5, 5.41) is 16.2. The zero-order chi connectivity index (χ0) is 25.8. The van der Waals surface area contributed by atoms with Gasteiger partial charge in [0.2, 0.25) is 0 Å². The molecule has 0 spiro atoms. The van der Waals surface area contributed by atoms with Gasteiger partial charge in [-0.1, -0.05) is 6.07 Å². The van der Waals surface area contributed by atoms with Gasteiger partial charge in [0.15, 0.2) is 5.82 Å². The van der Waals surface area contributed by atoms with Gasteiger partial charge in [0.25, 0.3) is 0 Å². The van der Waals surface area contributed by atoms with E-state index in [1.165, 1.54) is 0 Å². The second kappa shape index (κ2) is 9.27. The average molecular weight is 510 g/mol. The van der Waals surface area contributed by atoms with Crippen LogP contribution in [0, 0.1) is 17.8 Å². The third-order valence-electron chi connectivity index (χ3n) is 8.14. The summed E-state index contributed by atoms with van der Waals surface area (Å²) in [6.07, 6.45) is 0.628. The van der Waals surface area contributed by atoms with E-state index < -0.39 is 17.2 Å². The van der Waals surface area contributed by atoms with E-state index in [1.54, 1.807) is 29.9 Å². The van der Waals surface area contributed by atoms with Crippen LogP contribution in [0.15, 0.2) is 30.5 Å². The molecule has 1 unspecified atom stereocenters. The fourth-order valence-corrected chi connectivity index (χ4v) is 6.45. The SMILES string of the molecule is [B]C1(Nc2nnc(-c3ccc4nn(C)cc4c3)cc2C(F)(F)F)C[C@H]2CN(CC3CCOCC3)C[C@H]2C1. The number of anilines is 1. The lowest BCUT2D eigenvalue weighted by molar-refractivity contribution is -0.137. The number of ether oxygens (including phenoxy) is 1. The molecule has 6 rings (SSSR count). The van der Waals surface area contributed by atoms with E-state index >= 15 is 0 Å². The second-order valence-corrected chi connectivity index (χ2v) is 11.0. The third-order valence-corrected chi connectivity index (χ3v) is 8.14. The Labute approximate surface area is 215 Å². The van der Waals surface area contributed by atoms with E-state index in [9.17, 15) is 13.2 Å². The monoisotopic (exact) mass is 510 g/mol. The van der Waals surface area contributed by atoms with Crippen molar-refractivity contribution in [3.05, 3.63) is 36.0 Å². The number of aromatic nitrogens is 4. The molecule has 3 aliphatic rings. The Bertz CT molecular complexity index is 1280. The molecule has 0 amide bonds. The molecule has 2 aliphatic heterocycles. The lowest BCUT2D eigenvalue weighted by atomic mass is 9.75. The molecule has 2 saturated heterocycles. The van der Waals surface area contributed by atoms with Gasteiger partial charge in [-0.2, -0.15) is 18.3 Å². The highest BCUT2D eigenvalue weighted by Gasteiger charge is 2.47. The van der Waals surface area contributed by atoms with E-state index in [1.807, 2.05) is 6.20 Å². The molecule has 1 aromatic carbocycles. The molecule has 1 saturated carbocycles. The lowest BCUT2D eigenvalue weighted by Crippen LogP contribution is -2.40. The van der Waals surface area contributed by atoms with Gasteiger partial charge in [0, 0.05) is 57.0 Å². The van der Waals surface area contributed by atoms with Crippen LogP contribution in [-0.4, -0.2) is 71.0 Å². The fraction of sp³-hybridized carbons (Fsp3) is 0.577. The van der Waals surface area contributed by atoms with Gasteiger partial charge in [-0.05, 0) is 67.1 Å². The van der Waals surface area contributed by atoms with E-state index in [0.717, 1.165) is 62.7 Å². The van der Waals surface area contributed by atoms with Gasteiger partial charge in [0.1, 0.15) is 13.4 Å². The summed E-state index contributed by atoms with van der Waals surface area (Å²) in [5.41, 5.74) is -0.330. The predicted molar refractivity (Wildman–Crippen MR) is 135 cm³/mol. The average Bonchev–Trinajstić information content (AvgIpc) is 3.48. The van der Waals surface area contributed by atoms with Gasteiger partial charge in [0.05, 0.1) is 11.2 Å². The summed E-state index contributed by atoms with van der Waals surface area (Å²) in [5.74, 6) is 1.09. The quantitative estimate of drug-likeness (QED) is 0.522. The summed E-state index contributed by atoms with van der Waals surface area (Å²) in [6.45, 7) is 4.62. The Balaban J connectivity index is 1.18. The first-order chi connectivity index (χ1) is 17.6. The molecule has 2 radical (unpaired) electrons. The molecule has 2 aromatic heterocycles. The summed E-state index contributed by atoms with van der Waals surface area (Å²) in [6, 6.07) is 6.31. The van der Waals surface area contributed by atoms with Gasteiger partial charge in [-0.25, -0.2) is 0 Å². The maximum atomic E-state index is 14.1. The van der Waals surface area contributed by atoms with E-state index in [0.29, 0.717) is 36.2 Å². The number of likely N-dealkylation sites (tertiary alicyclic amines) is 1. The molecule has 194 valence electrons. The Kier molecular flexibility index (Phi) is 6.18. The van der Waals surface area contributed by atoms with Crippen molar-refractivity contribution in [2.24, 2.45) is 24.8 Å². The van der Waals surface area contributed by atoms with E-state index in [-0.39, 0.29) is 11.5 Å². The number of halogens is 3. The summed E-state index contributed by atoms with van der Waals surface area (Å²) >= 11 is 0. The van der Waals surface area contributed by atoms with Gasteiger partial charge < -0.3 is 15.0 Å². The van der Waals surface area contributed by atoms with Crippen molar-refractivity contribution >= 4 is 24.6 Å². The topological polar surface area (TPSA) is 68.1 Å². The van der Waals surface area contributed by atoms with Gasteiger partial charge in [-0.15, -0.1) is 10.2 Å². The number of rotatable bonds is 5. The highest BCUT2D eigenvalue weighted by molar-refractivity contribution is 6.17. The molecular formula is C26H30BF3N6O. The second-order valence-electron chi connectivity index (χ2n) is 11.0. The summed E-state index contributed by atoms with van der Waals surface area (Å²) in [7, 11) is 8.44. The molecule has 0 bridgehead atoms. The molecule has 11 heteroatoms. The maximum absolute atomic E-state index is 14.1. The van der Waals surface area contributed by atoms with E-state index in [2.05, 4.69) is 25.5 Å². The zero-order valence-corrected chi connectivity index (χ0v) is 20.8. The number of fused-ring (bicyclic) bond motifs is 2. The smallest absolute Gasteiger partial charge is 0.381 e. The number of aryl methyl sites for hydroxylation is 1. The van der Waals surface area contributed by atoms with Gasteiger partial charge >= 0.3 is 6.18 Å². The van der Waals surface area contributed by atoms with E-state index in [4.69, 9.17) is 12.6 Å². The summed E-state index contributed by atoms with van der Waals surface area (Å²) in [4.78, 5) is 2.50. The first kappa shape index (κ1) is 24.7. The highest BCUT2D eigenvalue weighted by Crippen LogP contribution is 2.45. The Morgan fingerprint density at radius 1 is 1.11 bits per heavy atom. The fourth-order valence-electron chi connectivity index (χ4n) is 6.45. The van der Waals surface area contributed by atoms with Crippen LogP contribution in [0.2, 0.25) is 0 Å². The number of benzene rings is 1. The first-order valence-electron chi connectivity index (χ1n) is 12.9. The Morgan fingerprint density at radius 2 is 1.84 bits per heavy atom. The number of alkyl halides is 3. The third kappa shape index (κ3) is 5.08. The standard InChI is InChI=1S/C26H30BF3N6O/c1-35-13-18-8-17(2-3-22(18)34-35)23-9-21(26(28,29)30)24(33-32-23)31-25(27)10-19-14-36(15-20(19)11-25)12-16-4-6-37-7-5-16/h2-3,8-9,13,16,19-20H,4-7,10-12,14-15H2,1H3,(H,31,33)/t19-,20+,25?. The van der Waals surface area contributed by atoms with Crippen molar-refractivity contribution in [1.82, 2.24) is 24.9 Å². The van der Waals surface area contributed by atoms with Crippen LogP contribution in [0.3, 0.4) is 0 Å². The molecule has 7 nitrogen and oxygen atoms in total. The molecule has 37 heavy (non-hydrogen) atoms.